The number of aromatic nitrogens is 2. The van der Waals surface area contributed by atoms with Gasteiger partial charge in [-0.05, 0) is 29.8 Å². The Hall–Kier alpha value is -3.30. The topological polar surface area (TPSA) is 101 Å². The monoisotopic (exact) mass is 424 g/mol. The second-order valence-electron chi connectivity index (χ2n) is 6.23. The predicted molar refractivity (Wildman–Crippen MR) is 114 cm³/mol. The average Bonchev–Trinajstić information content (AvgIpc) is 3.13. The molecular formula is C20H16N4O3S2. The number of sulfonamides is 1. The molecule has 0 fully saturated rings. The predicted octanol–water partition coefficient (Wildman–Crippen LogP) is 3.93. The van der Waals surface area contributed by atoms with Crippen LogP contribution in [0.1, 0.15) is 6.92 Å². The van der Waals surface area contributed by atoms with Crippen LogP contribution in [0.2, 0.25) is 0 Å². The van der Waals surface area contributed by atoms with Gasteiger partial charge in [-0.15, -0.1) is 11.3 Å². The summed E-state index contributed by atoms with van der Waals surface area (Å²) in [5, 5.41) is 6.18. The van der Waals surface area contributed by atoms with Gasteiger partial charge in [0.1, 0.15) is 17.0 Å². The molecule has 1 amide bonds. The summed E-state index contributed by atoms with van der Waals surface area (Å²) in [7, 11) is -3.87. The summed E-state index contributed by atoms with van der Waals surface area (Å²) < 4.78 is 26.1. The van der Waals surface area contributed by atoms with Crippen LogP contribution in [0.15, 0.2) is 71.2 Å². The van der Waals surface area contributed by atoms with Crippen molar-refractivity contribution in [2.24, 2.45) is 0 Å². The van der Waals surface area contributed by atoms with Gasteiger partial charge in [-0.1, -0.05) is 30.3 Å². The van der Waals surface area contributed by atoms with E-state index in [-0.39, 0.29) is 4.90 Å². The zero-order valence-electron chi connectivity index (χ0n) is 15.3. The molecule has 29 heavy (non-hydrogen) atoms. The molecule has 0 aliphatic heterocycles. The van der Waals surface area contributed by atoms with Crippen LogP contribution in [0.25, 0.3) is 21.3 Å². The molecule has 0 bridgehead atoms. The highest BCUT2D eigenvalue weighted by Gasteiger charge is 2.16. The molecule has 0 saturated carbocycles. The molecule has 7 nitrogen and oxygen atoms in total. The first-order valence-electron chi connectivity index (χ1n) is 8.62. The molecule has 0 radical (unpaired) electrons. The summed E-state index contributed by atoms with van der Waals surface area (Å²) in [6.45, 7) is 1.15. The number of anilines is 2. The van der Waals surface area contributed by atoms with Crippen molar-refractivity contribution in [1.29, 1.82) is 0 Å². The Morgan fingerprint density at radius 3 is 2.41 bits per heavy atom. The average molecular weight is 425 g/mol. The molecule has 2 N–H and O–H groups in total. The summed E-state index contributed by atoms with van der Waals surface area (Å²) in [4.78, 5) is 20.7. The van der Waals surface area contributed by atoms with E-state index in [4.69, 9.17) is 0 Å². The molecule has 4 aromatic rings. The molecule has 0 unspecified atom stereocenters. The number of carbonyl (C=O) groups is 1. The van der Waals surface area contributed by atoms with E-state index < -0.39 is 15.9 Å². The van der Waals surface area contributed by atoms with Crippen molar-refractivity contribution in [3.8, 4) is 11.1 Å². The first kappa shape index (κ1) is 19.0. The van der Waals surface area contributed by atoms with Gasteiger partial charge in [0.05, 0.1) is 10.3 Å². The zero-order chi connectivity index (χ0) is 20.4. The van der Waals surface area contributed by atoms with Crippen molar-refractivity contribution in [2.45, 2.75) is 11.8 Å². The molecule has 2 aromatic heterocycles. The molecule has 0 saturated heterocycles. The fourth-order valence-electron chi connectivity index (χ4n) is 2.90. The van der Waals surface area contributed by atoms with Crippen molar-refractivity contribution in [1.82, 2.24) is 14.7 Å². The minimum atomic E-state index is -3.87. The second-order valence-corrected chi connectivity index (χ2v) is 8.77. The van der Waals surface area contributed by atoms with Crippen molar-refractivity contribution >= 4 is 49.0 Å². The minimum absolute atomic E-state index is 0.00610. The van der Waals surface area contributed by atoms with Crippen molar-refractivity contribution < 1.29 is 13.2 Å². The highest BCUT2D eigenvalue weighted by Crippen LogP contribution is 2.37. The molecule has 146 valence electrons. The SMILES string of the molecule is CC(=O)NS(=O)(=O)c1ccc(Nc2ncnc3scc(-c4ccccc4)c23)cc1. The maximum absolute atomic E-state index is 12.1. The van der Waals surface area contributed by atoms with Crippen LogP contribution in [0.5, 0.6) is 0 Å². The van der Waals surface area contributed by atoms with Gasteiger partial charge in [-0.25, -0.2) is 23.1 Å². The number of fused-ring (bicyclic) bond motifs is 1. The lowest BCUT2D eigenvalue weighted by Gasteiger charge is -2.10. The van der Waals surface area contributed by atoms with E-state index in [1.807, 2.05) is 40.4 Å². The molecule has 2 heterocycles. The molecule has 0 spiro atoms. The van der Waals surface area contributed by atoms with Crippen molar-refractivity contribution in [2.75, 3.05) is 5.32 Å². The number of carbonyl (C=O) groups excluding carboxylic acids is 1. The smallest absolute Gasteiger partial charge is 0.264 e. The van der Waals surface area contributed by atoms with Crippen LogP contribution in [-0.2, 0) is 14.8 Å². The van der Waals surface area contributed by atoms with E-state index in [1.54, 1.807) is 12.1 Å². The van der Waals surface area contributed by atoms with E-state index in [2.05, 4.69) is 15.3 Å². The molecule has 0 aliphatic carbocycles. The molecule has 2 aromatic carbocycles. The van der Waals surface area contributed by atoms with Crippen LogP contribution in [-0.4, -0.2) is 24.3 Å². The van der Waals surface area contributed by atoms with E-state index in [1.165, 1.54) is 29.8 Å². The van der Waals surface area contributed by atoms with Crippen LogP contribution in [0.3, 0.4) is 0 Å². The fourth-order valence-corrected chi connectivity index (χ4v) is 4.81. The number of thiophene rings is 1. The van der Waals surface area contributed by atoms with E-state index in [0.29, 0.717) is 11.5 Å². The molecular weight excluding hydrogens is 408 g/mol. The Morgan fingerprint density at radius 2 is 1.72 bits per heavy atom. The first-order valence-corrected chi connectivity index (χ1v) is 11.0. The molecule has 0 atom stereocenters. The van der Waals surface area contributed by atoms with Crippen LogP contribution in [0, 0.1) is 0 Å². The number of nitrogens with zero attached hydrogens (tertiary/aromatic N) is 2. The summed E-state index contributed by atoms with van der Waals surface area (Å²) >= 11 is 1.53. The third kappa shape index (κ3) is 3.96. The maximum Gasteiger partial charge on any atom is 0.264 e. The molecule has 4 rings (SSSR count). The largest absolute Gasteiger partial charge is 0.340 e. The Morgan fingerprint density at radius 1 is 1.00 bits per heavy atom. The van der Waals surface area contributed by atoms with Gasteiger partial charge in [-0.3, -0.25) is 4.79 Å². The highest BCUT2D eigenvalue weighted by molar-refractivity contribution is 7.90. The Labute approximate surface area is 171 Å². The van der Waals surface area contributed by atoms with Gasteiger partial charge in [0, 0.05) is 23.6 Å². The van der Waals surface area contributed by atoms with Crippen LogP contribution < -0.4 is 10.0 Å². The summed E-state index contributed by atoms with van der Waals surface area (Å²) in [5.41, 5.74) is 2.75. The number of rotatable bonds is 5. The lowest BCUT2D eigenvalue weighted by molar-refractivity contribution is -0.117. The first-order chi connectivity index (χ1) is 13.9. The Balaban J connectivity index is 1.68. The zero-order valence-corrected chi connectivity index (χ0v) is 16.9. The normalized spacial score (nSPS) is 11.3. The summed E-state index contributed by atoms with van der Waals surface area (Å²) in [6.07, 6.45) is 1.49. The van der Waals surface area contributed by atoms with E-state index in [9.17, 15) is 13.2 Å². The van der Waals surface area contributed by atoms with Gasteiger partial charge >= 0.3 is 0 Å². The number of hydrogen-bond acceptors (Lipinski definition) is 7. The Kier molecular flexibility index (Phi) is 4.99. The lowest BCUT2D eigenvalue weighted by atomic mass is 10.1. The number of benzene rings is 2. The molecule has 9 heteroatoms. The minimum Gasteiger partial charge on any atom is -0.340 e. The third-order valence-corrected chi connectivity index (χ3v) is 6.50. The summed E-state index contributed by atoms with van der Waals surface area (Å²) in [6, 6.07) is 16.1. The molecule has 0 aliphatic rings. The Bertz CT molecular complexity index is 1280. The van der Waals surface area contributed by atoms with Gasteiger partial charge in [0.15, 0.2) is 0 Å². The van der Waals surface area contributed by atoms with Gasteiger partial charge in [0.2, 0.25) is 5.91 Å². The van der Waals surface area contributed by atoms with Crippen LogP contribution >= 0.6 is 11.3 Å². The fraction of sp³-hybridized carbons (Fsp3) is 0.0500. The lowest BCUT2D eigenvalue weighted by Crippen LogP contribution is -2.28. The highest BCUT2D eigenvalue weighted by atomic mass is 32.2. The number of nitrogens with one attached hydrogen (secondary N) is 2. The number of hydrogen-bond donors (Lipinski definition) is 2. The van der Waals surface area contributed by atoms with Crippen molar-refractivity contribution in [3.63, 3.8) is 0 Å². The van der Waals surface area contributed by atoms with Gasteiger partial charge in [-0.2, -0.15) is 0 Å². The van der Waals surface area contributed by atoms with E-state index >= 15 is 0 Å². The quantitative estimate of drug-likeness (QED) is 0.503. The van der Waals surface area contributed by atoms with Crippen molar-refractivity contribution in [3.05, 3.63) is 66.3 Å². The van der Waals surface area contributed by atoms with Gasteiger partial charge < -0.3 is 5.32 Å². The standard InChI is InChI=1S/C20H16N4O3S2/c1-13(25)24-29(26,27)16-9-7-15(8-10-16)23-19-18-17(14-5-3-2-4-6-14)11-28-20(18)22-12-21-19/h2-12H,1H3,(H,24,25)(H,21,22,23). The van der Waals surface area contributed by atoms with E-state index in [0.717, 1.165) is 28.3 Å². The third-order valence-electron chi connectivity index (χ3n) is 4.16. The summed E-state index contributed by atoms with van der Waals surface area (Å²) in [5.74, 6) is -0.00551. The number of amides is 1. The van der Waals surface area contributed by atoms with Gasteiger partial charge in [0.25, 0.3) is 10.0 Å². The van der Waals surface area contributed by atoms with Crippen LogP contribution in [0.4, 0.5) is 11.5 Å². The maximum atomic E-state index is 12.1. The second kappa shape index (κ2) is 7.61.